The van der Waals surface area contributed by atoms with Crippen molar-refractivity contribution >= 4 is 17.1 Å². The number of rotatable bonds is 6. The summed E-state index contributed by atoms with van der Waals surface area (Å²) in [4.78, 5) is 8.67. The summed E-state index contributed by atoms with van der Waals surface area (Å²) >= 11 is 0. The smallest absolute Gasteiger partial charge is 0.123 e. The largest absolute Gasteiger partial charge is 0.397 e. The van der Waals surface area contributed by atoms with Crippen LogP contribution in [0.15, 0.2) is 67.4 Å². The first-order chi connectivity index (χ1) is 12.5. The van der Waals surface area contributed by atoms with Gasteiger partial charge >= 0.3 is 0 Å². The van der Waals surface area contributed by atoms with Crippen molar-refractivity contribution in [2.45, 2.75) is 6.54 Å². The van der Waals surface area contributed by atoms with Gasteiger partial charge in [0, 0.05) is 11.8 Å². The van der Waals surface area contributed by atoms with Crippen LogP contribution in [-0.4, -0.2) is 15.7 Å². The minimum Gasteiger partial charge on any atom is -0.397 e. The zero-order chi connectivity index (χ0) is 18.5. The van der Waals surface area contributed by atoms with Crippen LogP contribution >= 0.6 is 0 Å². The van der Waals surface area contributed by atoms with E-state index in [0.29, 0.717) is 29.2 Å². The van der Waals surface area contributed by atoms with Crippen molar-refractivity contribution in [1.82, 2.24) is 15.3 Å². The third-order valence-corrected chi connectivity index (χ3v) is 3.79. The summed E-state index contributed by atoms with van der Waals surface area (Å²) in [6.45, 7) is 4.49. The highest BCUT2D eigenvalue weighted by Crippen LogP contribution is 2.18. The average molecular weight is 347 g/mol. The molecule has 0 saturated heterocycles. The fourth-order valence-electron chi connectivity index (χ4n) is 2.41. The summed E-state index contributed by atoms with van der Waals surface area (Å²) in [7, 11) is 0. The Morgan fingerprint density at radius 3 is 2.73 bits per heavy atom. The van der Waals surface area contributed by atoms with Crippen molar-refractivity contribution in [3.8, 4) is 0 Å². The van der Waals surface area contributed by atoms with Gasteiger partial charge in [0.25, 0.3) is 0 Å². The number of hydrogen-bond donors (Lipinski definition) is 3. The van der Waals surface area contributed by atoms with E-state index in [9.17, 15) is 4.39 Å². The molecule has 130 valence electrons. The lowest BCUT2D eigenvalue weighted by Crippen LogP contribution is -2.15. The quantitative estimate of drug-likeness (QED) is 0.597. The zero-order valence-corrected chi connectivity index (χ0v) is 14.0. The van der Waals surface area contributed by atoms with Crippen molar-refractivity contribution in [1.29, 1.82) is 5.41 Å². The predicted molar refractivity (Wildman–Crippen MR) is 101 cm³/mol. The van der Waals surface area contributed by atoms with E-state index in [0.717, 1.165) is 5.69 Å². The molecule has 0 saturated carbocycles. The fraction of sp³-hybridized carbons (Fsp3) is 0.0500. The lowest BCUT2D eigenvalue weighted by molar-refractivity contribution is 0.627. The molecule has 6 heteroatoms. The predicted octanol–water partition coefficient (Wildman–Crippen LogP) is 3.37. The minimum absolute atomic E-state index is 0.0568. The van der Waals surface area contributed by atoms with E-state index in [-0.39, 0.29) is 11.4 Å². The highest BCUT2D eigenvalue weighted by Gasteiger charge is 2.13. The third-order valence-electron chi connectivity index (χ3n) is 3.79. The molecule has 0 atom stereocenters. The van der Waals surface area contributed by atoms with E-state index < -0.39 is 5.82 Å². The Morgan fingerprint density at radius 1 is 1.15 bits per heavy atom. The maximum Gasteiger partial charge on any atom is 0.123 e. The molecule has 0 aliphatic carbocycles. The Bertz CT molecular complexity index is 953. The summed E-state index contributed by atoms with van der Waals surface area (Å²) < 4.78 is 13.4. The van der Waals surface area contributed by atoms with Gasteiger partial charge in [-0.15, -0.1) is 0 Å². The highest BCUT2D eigenvalue weighted by atomic mass is 19.1. The molecule has 2 heterocycles. The molecule has 0 radical (unpaired) electrons. The Morgan fingerprint density at radius 2 is 2.00 bits per heavy atom. The summed E-state index contributed by atoms with van der Waals surface area (Å²) in [5, 5.41) is 11.5. The number of anilines is 1. The molecule has 2 aromatic heterocycles. The van der Waals surface area contributed by atoms with Gasteiger partial charge in [0.2, 0.25) is 0 Å². The minimum atomic E-state index is -0.414. The lowest BCUT2D eigenvalue weighted by atomic mass is 10.0. The Balaban J connectivity index is 1.81. The Kier molecular flexibility index (Phi) is 5.03. The van der Waals surface area contributed by atoms with Crippen LogP contribution in [0.2, 0.25) is 0 Å². The molecule has 0 bridgehead atoms. The number of hydrogen-bond acceptors (Lipinski definition) is 5. The van der Waals surface area contributed by atoms with Crippen molar-refractivity contribution in [3.63, 3.8) is 0 Å². The second kappa shape index (κ2) is 7.57. The molecule has 0 aliphatic rings. The van der Waals surface area contributed by atoms with Crippen LogP contribution in [0.4, 0.5) is 10.1 Å². The van der Waals surface area contributed by atoms with Crippen LogP contribution in [0.25, 0.3) is 5.70 Å². The molecular weight excluding hydrogens is 329 g/mol. The normalized spacial score (nSPS) is 10.3. The van der Waals surface area contributed by atoms with Gasteiger partial charge in [0.05, 0.1) is 35.0 Å². The van der Waals surface area contributed by atoms with E-state index in [1.807, 2.05) is 18.2 Å². The fourth-order valence-corrected chi connectivity index (χ4v) is 2.41. The van der Waals surface area contributed by atoms with Crippen molar-refractivity contribution in [2.24, 2.45) is 0 Å². The highest BCUT2D eigenvalue weighted by molar-refractivity contribution is 6.12. The maximum absolute atomic E-state index is 13.4. The molecule has 3 aromatic rings. The second-order valence-electron chi connectivity index (χ2n) is 5.67. The van der Waals surface area contributed by atoms with Gasteiger partial charge in [-0.1, -0.05) is 24.8 Å². The number of nitrogens with one attached hydrogen (secondary N) is 2. The van der Waals surface area contributed by atoms with E-state index in [4.69, 9.17) is 11.1 Å². The summed E-state index contributed by atoms with van der Waals surface area (Å²) in [5.41, 5.74) is 9.10. The summed E-state index contributed by atoms with van der Waals surface area (Å²) in [6.07, 6.45) is 1.72. The van der Waals surface area contributed by atoms with E-state index in [1.165, 1.54) is 12.1 Å². The number of aromatic nitrogens is 2. The molecule has 0 unspecified atom stereocenters. The number of nitrogens with two attached hydrogens (primary N) is 1. The lowest BCUT2D eigenvalue weighted by Gasteiger charge is -2.12. The summed E-state index contributed by atoms with van der Waals surface area (Å²) in [6, 6.07) is 14.9. The standard InChI is InChI=1S/C20H18FN5/c1-13(25-12-16-7-2-3-10-24-16)18-9-8-17(22)20(26-18)19(23)14-5-4-6-15(21)11-14/h2-11,23,25H,1,12,22H2. The Hall–Kier alpha value is -3.54. The molecule has 5 nitrogen and oxygen atoms in total. The molecule has 26 heavy (non-hydrogen) atoms. The van der Waals surface area contributed by atoms with E-state index >= 15 is 0 Å². The topological polar surface area (TPSA) is 87.7 Å². The van der Waals surface area contributed by atoms with Gasteiger partial charge < -0.3 is 11.1 Å². The van der Waals surface area contributed by atoms with Crippen molar-refractivity contribution in [3.05, 3.63) is 95.8 Å². The van der Waals surface area contributed by atoms with Crippen molar-refractivity contribution < 1.29 is 4.39 Å². The van der Waals surface area contributed by atoms with Crippen LogP contribution in [0, 0.1) is 11.2 Å². The van der Waals surface area contributed by atoms with Crippen LogP contribution in [0.1, 0.15) is 22.6 Å². The first-order valence-corrected chi connectivity index (χ1v) is 7.99. The van der Waals surface area contributed by atoms with Gasteiger partial charge in [-0.2, -0.15) is 0 Å². The number of nitrogens with zero attached hydrogens (tertiary/aromatic N) is 2. The van der Waals surface area contributed by atoms with Crippen LogP contribution in [-0.2, 0) is 6.54 Å². The average Bonchev–Trinajstić information content (AvgIpc) is 2.67. The number of halogens is 1. The number of nitrogen functional groups attached to an aromatic ring is 1. The molecule has 0 aliphatic heterocycles. The Labute approximate surface area is 150 Å². The molecular formula is C20H18FN5. The van der Waals surface area contributed by atoms with Gasteiger partial charge in [-0.05, 0) is 36.4 Å². The van der Waals surface area contributed by atoms with Crippen molar-refractivity contribution in [2.75, 3.05) is 5.73 Å². The first-order valence-electron chi connectivity index (χ1n) is 7.99. The van der Waals surface area contributed by atoms with Crippen LogP contribution in [0.3, 0.4) is 0 Å². The monoisotopic (exact) mass is 347 g/mol. The van der Waals surface area contributed by atoms with E-state index in [1.54, 1.807) is 30.5 Å². The van der Waals surface area contributed by atoms with E-state index in [2.05, 4.69) is 21.9 Å². The zero-order valence-electron chi connectivity index (χ0n) is 14.0. The molecule has 3 rings (SSSR count). The van der Waals surface area contributed by atoms with Crippen LogP contribution in [0.5, 0.6) is 0 Å². The molecule has 0 fully saturated rings. The third kappa shape index (κ3) is 3.92. The maximum atomic E-state index is 13.4. The first kappa shape index (κ1) is 17.3. The van der Waals surface area contributed by atoms with Crippen LogP contribution < -0.4 is 11.1 Å². The van der Waals surface area contributed by atoms with Gasteiger partial charge in [-0.25, -0.2) is 9.37 Å². The summed E-state index contributed by atoms with van der Waals surface area (Å²) in [5.74, 6) is -0.414. The molecule has 0 amide bonds. The molecule has 4 N–H and O–H groups in total. The van der Waals surface area contributed by atoms with Gasteiger partial charge in [0.1, 0.15) is 11.5 Å². The SMILES string of the molecule is C=C(NCc1ccccn1)c1ccc(N)c(C(=N)c2cccc(F)c2)n1. The second-order valence-corrected chi connectivity index (χ2v) is 5.67. The molecule has 0 spiro atoms. The molecule has 1 aromatic carbocycles. The van der Waals surface area contributed by atoms with Gasteiger partial charge in [0.15, 0.2) is 0 Å². The number of benzene rings is 1. The van der Waals surface area contributed by atoms with Gasteiger partial charge in [-0.3, -0.25) is 10.4 Å². The number of pyridine rings is 2.